The summed E-state index contributed by atoms with van der Waals surface area (Å²) in [4.78, 5) is 15.1. The van der Waals surface area contributed by atoms with Crippen molar-refractivity contribution >= 4 is 5.91 Å². The van der Waals surface area contributed by atoms with Crippen LogP contribution in [0.5, 0.6) is 5.88 Å². The number of aromatic nitrogens is 1. The first-order valence-corrected chi connectivity index (χ1v) is 5.46. The van der Waals surface area contributed by atoms with Crippen LogP contribution in [-0.2, 0) is 4.79 Å². The summed E-state index contributed by atoms with van der Waals surface area (Å²) < 4.78 is 5.59. The third kappa shape index (κ3) is 3.15. The number of rotatable bonds is 3. The molecule has 1 aromatic heterocycles. The fraction of sp³-hybridized carbons (Fsp3) is 0.455. The molecule has 17 heavy (non-hydrogen) atoms. The number of amides is 1. The lowest BCUT2D eigenvalue weighted by atomic mass is 9.96. The minimum Gasteiger partial charge on any atom is -0.473 e. The number of hydrogen-bond acceptors (Lipinski definition) is 5. The van der Waals surface area contributed by atoms with E-state index in [0.717, 1.165) is 5.06 Å². The maximum absolute atomic E-state index is 11.1. The molecule has 0 spiro atoms. The van der Waals surface area contributed by atoms with Gasteiger partial charge in [0.2, 0.25) is 11.8 Å². The highest BCUT2D eigenvalue weighted by Crippen LogP contribution is 2.19. The summed E-state index contributed by atoms with van der Waals surface area (Å²) in [5, 5.41) is 10.6. The van der Waals surface area contributed by atoms with Gasteiger partial charge in [-0.05, 0) is 12.5 Å². The van der Waals surface area contributed by atoms with Gasteiger partial charge in [0.05, 0.1) is 12.5 Å². The molecule has 1 saturated heterocycles. The summed E-state index contributed by atoms with van der Waals surface area (Å²) in [6.07, 6.45) is 1.85. The number of nitrogens with zero attached hydrogens (tertiary/aromatic N) is 2. The molecule has 2 atom stereocenters. The van der Waals surface area contributed by atoms with Gasteiger partial charge in [-0.2, -0.15) is 5.06 Å². The zero-order valence-electron chi connectivity index (χ0n) is 9.32. The number of carbonyl (C=O) groups is 1. The largest absolute Gasteiger partial charge is 0.473 e. The molecule has 0 saturated carbocycles. The van der Waals surface area contributed by atoms with Gasteiger partial charge < -0.3 is 15.7 Å². The second-order valence-electron chi connectivity index (χ2n) is 4.11. The highest BCUT2D eigenvalue weighted by Gasteiger charge is 2.31. The molecule has 1 aliphatic heterocycles. The Kier molecular flexibility index (Phi) is 3.55. The van der Waals surface area contributed by atoms with Crippen molar-refractivity contribution in [1.29, 1.82) is 0 Å². The molecule has 1 aliphatic rings. The fourth-order valence-corrected chi connectivity index (χ4v) is 1.91. The van der Waals surface area contributed by atoms with Crippen LogP contribution >= 0.6 is 0 Å². The van der Waals surface area contributed by atoms with Crippen molar-refractivity contribution in [3.05, 3.63) is 24.4 Å². The van der Waals surface area contributed by atoms with E-state index >= 15 is 0 Å². The molecule has 0 aromatic carbocycles. The Morgan fingerprint density at radius 3 is 3.00 bits per heavy atom. The summed E-state index contributed by atoms with van der Waals surface area (Å²) in [6, 6.07) is 5.33. The van der Waals surface area contributed by atoms with E-state index < -0.39 is 5.91 Å². The lowest BCUT2D eigenvalue weighted by molar-refractivity contribution is -0.154. The number of nitrogens with two attached hydrogens (primary N) is 1. The Labute approximate surface area is 99.0 Å². The molecule has 1 fully saturated rings. The average Bonchev–Trinajstić information content (AvgIpc) is 2.29. The molecule has 2 rings (SSSR count). The molecular weight excluding hydrogens is 222 g/mol. The van der Waals surface area contributed by atoms with Gasteiger partial charge in [-0.15, -0.1) is 0 Å². The van der Waals surface area contributed by atoms with Crippen LogP contribution in [-0.4, -0.2) is 40.4 Å². The number of primary amides is 1. The molecule has 2 unspecified atom stereocenters. The topological polar surface area (TPSA) is 88.7 Å². The van der Waals surface area contributed by atoms with Gasteiger partial charge in [0.15, 0.2) is 0 Å². The molecule has 2 heterocycles. The number of carbonyl (C=O) groups excluding carboxylic acids is 1. The maximum Gasteiger partial charge on any atom is 0.222 e. The molecule has 6 nitrogen and oxygen atoms in total. The molecule has 92 valence electrons. The molecule has 3 N–H and O–H groups in total. The van der Waals surface area contributed by atoms with Gasteiger partial charge in [0.1, 0.15) is 6.10 Å². The molecule has 0 bridgehead atoms. The van der Waals surface area contributed by atoms with Crippen LogP contribution in [0.1, 0.15) is 6.42 Å². The Balaban J connectivity index is 1.99. The van der Waals surface area contributed by atoms with Crippen LogP contribution in [0, 0.1) is 5.92 Å². The molecular formula is C11H15N3O3. The van der Waals surface area contributed by atoms with E-state index in [1.54, 1.807) is 18.3 Å². The van der Waals surface area contributed by atoms with Crippen LogP contribution in [0.25, 0.3) is 0 Å². The first-order chi connectivity index (χ1) is 8.15. The van der Waals surface area contributed by atoms with E-state index in [4.69, 9.17) is 10.5 Å². The molecule has 1 aromatic rings. The molecule has 0 aliphatic carbocycles. The van der Waals surface area contributed by atoms with Crippen molar-refractivity contribution in [3.63, 3.8) is 0 Å². The summed E-state index contributed by atoms with van der Waals surface area (Å²) in [6.45, 7) is 0.609. The van der Waals surface area contributed by atoms with Crippen molar-refractivity contribution < 1.29 is 14.7 Å². The monoisotopic (exact) mass is 237 g/mol. The third-order valence-corrected chi connectivity index (χ3v) is 2.72. The van der Waals surface area contributed by atoms with Crippen molar-refractivity contribution in [2.45, 2.75) is 12.5 Å². The average molecular weight is 237 g/mol. The van der Waals surface area contributed by atoms with Gasteiger partial charge >= 0.3 is 0 Å². The second-order valence-corrected chi connectivity index (χ2v) is 4.11. The normalized spacial score (nSPS) is 25.5. The maximum atomic E-state index is 11.1. The summed E-state index contributed by atoms with van der Waals surface area (Å²) in [7, 11) is 0. The van der Waals surface area contributed by atoms with Crippen LogP contribution in [0.3, 0.4) is 0 Å². The number of hydroxylamine groups is 2. The van der Waals surface area contributed by atoms with E-state index in [1.807, 2.05) is 6.07 Å². The second kappa shape index (κ2) is 5.11. The quantitative estimate of drug-likeness (QED) is 0.774. The number of ether oxygens (including phenoxy) is 1. The van der Waals surface area contributed by atoms with E-state index in [2.05, 4.69) is 4.98 Å². The Morgan fingerprint density at radius 2 is 2.35 bits per heavy atom. The van der Waals surface area contributed by atoms with Gasteiger partial charge in [-0.1, -0.05) is 6.07 Å². The summed E-state index contributed by atoms with van der Waals surface area (Å²) in [5.74, 6) is -0.322. The summed E-state index contributed by atoms with van der Waals surface area (Å²) in [5.41, 5.74) is 5.24. The van der Waals surface area contributed by atoms with Crippen molar-refractivity contribution in [2.24, 2.45) is 11.7 Å². The van der Waals surface area contributed by atoms with Crippen LogP contribution in [0.4, 0.5) is 0 Å². The minimum absolute atomic E-state index is 0.261. The van der Waals surface area contributed by atoms with Crippen LogP contribution < -0.4 is 10.5 Å². The highest BCUT2D eigenvalue weighted by molar-refractivity contribution is 5.77. The SMILES string of the molecule is NC(=O)C1CC(Oc2ccccn2)CN(O)C1. The minimum atomic E-state index is -0.418. The smallest absolute Gasteiger partial charge is 0.222 e. The Bertz CT molecular complexity index is 385. The van der Waals surface area contributed by atoms with E-state index in [1.165, 1.54) is 0 Å². The third-order valence-electron chi connectivity index (χ3n) is 2.72. The van der Waals surface area contributed by atoms with Crippen molar-refractivity contribution in [3.8, 4) is 5.88 Å². The first-order valence-electron chi connectivity index (χ1n) is 5.46. The van der Waals surface area contributed by atoms with Gasteiger partial charge in [0, 0.05) is 18.8 Å². The van der Waals surface area contributed by atoms with Crippen molar-refractivity contribution in [1.82, 2.24) is 10.0 Å². The number of piperidine rings is 1. The lowest BCUT2D eigenvalue weighted by Gasteiger charge is -2.32. The standard InChI is InChI=1S/C11H15N3O3/c12-11(15)8-5-9(7-14(16)6-8)17-10-3-1-2-4-13-10/h1-4,8-9,16H,5-7H2,(H2,12,15). The predicted octanol–water partition coefficient (Wildman–Crippen LogP) is 0.0254. The molecule has 0 radical (unpaired) electrons. The summed E-state index contributed by atoms with van der Waals surface area (Å²) >= 11 is 0. The zero-order valence-corrected chi connectivity index (χ0v) is 9.32. The number of pyridine rings is 1. The van der Waals surface area contributed by atoms with Gasteiger partial charge in [-0.25, -0.2) is 4.98 Å². The lowest BCUT2D eigenvalue weighted by Crippen LogP contribution is -2.47. The van der Waals surface area contributed by atoms with Gasteiger partial charge in [-0.3, -0.25) is 4.79 Å². The first kappa shape index (κ1) is 11.8. The number of hydrogen-bond donors (Lipinski definition) is 2. The highest BCUT2D eigenvalue weighted by atomic mass is 16.5. The van der Waals surface area contributed by atoms with Crippen LogP contribution in [0.2, 0.25) is 0 Å². The Morgan fingerprint density at radius 1 is 1.53 bits per heavy atom. The van der Waals surface area contributed by atoms with Crippen molar-refractivity contribution in [2.75, 3.05) is 13.1 Å². The molecule has 1 amide bonds. The predicted molar refractivity (Wildman–Crippen MR) is 59.3 cm³/mol. The fourth-order valence-electron chi connectivity index (χ4n) is 1.91. The molecule has 6 heteroatoms. The Hall–Kier alpha value is -1.66. The van der Waals surface area contributed by atoms with E-state index in [-0.39, 0.29) is 18.6 Å². The van der Waals surface area contributed by atoms with E-state index in [9.17, 15) is 10.0 Å². The van der Waals surface area contributed by atoms with E-state index in [0.29, 0.717) is 18.8 Å². The zero-order chi connectivity index (χ0) is 12.3. The van der Waals surface area contributed by atoms with Crippen LogP contribution in [0.15, 0.2) is 24.4 Å². The van der Waals surface area contributed by atoms with Gasteiger partial charge in [0.25, 0.3) is 0 Å².